The Balaban J connectivity index is 1.84. The number of hydrogen-bond acceptors (Lipinski definition) is 3. The molecule has 92 valence electrons. The van der Waals surface area contributed by atoms with Gasteiger partial charge in [-0.2, -0.15) is 0 Å². The first-order chi connectivity index (χ1) is 8.15. The zero-order valence-electron chi connectivity index (χ0n) is 10.4. The van der Waals surface area contributed by atoms with Gasteiger partial charge in [0.15, 0.2) is 0 Å². The molecule has 2 heterocycles. The summed E-state index contributed by atoms with van der Waals surface area (Å²) < 4.78 is 5.67. The van der Waals surface area contributed by atoms with Gasteiger partial charge in [-0.05, 0) is 24.0 Å². The maximum absolute atomic E-state index is 9.44. The van der Waals surface area contributed by atoms with Gasteiger partial charge in [-0.1, -0.05) is 13.8 Å². The van der Waals surface area contributed by atoms with E-state index in [1.807, 2.05) is 6.07 Å². The lowest BCUT2D eigenvalue weighted by Gasteiger charge is -2.22. The van der Waals surface area contributed by atoms with Gasteiger partial charge in [0.05, 0.1) is 6.04 Å². The molecule has 1 aromatic carbocycles. The predicted octanol–water partition coefficient (Wildman–Crippen LogP) is 2.41. The van der Waals surface area contributed by atoms with Crippen molar-refractivity contribution in [1.29, 1.82) is 0 Å². The molecule has 1 saturated heterocycles. The van der Waals surface area contributed by atoms with Gasteiger partial charge in [-0.3, -0.25) is 4.90 Å². The SMILES string of the molecule is CC1CN(C2COc3cc(O)ccc32)CC1C. The Morgan fingerprint density at radius 2 is 1.94 bits per heavy atom. The van der Waals surface area contributed by atoms with Crippen LogP contribution in [0.5, 0.6) is 11.5 Å². The highest BCUT2D eigenvalue weighted by Gasteiger charge is 2.36. The Morgan fingerprint density at radius 3 is 2.65 bits per heavy atom. The molecule has 3 heteroatoms. The standard InChI is InChI=1S/C14H19NO2/c1-9-6-15(7-10(9)2)13-8-17-14-5-11(16)3-4-12(13)14/h3-5,9-10,13,16H,6-8H2,1-2H3. The second kappa shape index (κ2) is 3.91. The van der Waals surface area contributed by atoms with E-state index in [0.29, 0.717) is 6.04 Å². The van der Waals surface area contributed by atoms with Crippen LogP contribution < -0.4 is 4.74 Å². The highest BCUT2D eigenvalue weighted by molar-refractivity contribution is 5.44. The maximum Gasteiger partial charge on any atom is 0.127 e. The minimum atomic E-state index is 0.285. The quantitative estimate of drug-likeness (QED) is 0.808. The topological polar surface area (TPSA) is 32.7 Å². The second-order valence-electron chi connectivity index (χ2n) is 5.46. The zero-order chi connectivity index (χ0) is 12.0. The van der Waals surface area contributed by atoms with Crippen LogP contribution >= 0.6 is 0 Å². The van der Waals surface area contributed by atoms with Crippen LogP contribution in [0, 0.1) is 11.8 Å². The summed E-state index contributed by atoms with van der Waals surface area (Å²) in [6.07, 6.45) is 0. The molecule has 2 aliphatic heterocycles. The Kier molecular flexibility index (Phi) is 2.51. The molecule has 1 aromatic rings. The third-order valence-corrected chi connectivity index (χ3v) is 4.21. The number of ether oxygens (including phenoxy) is 1. The first-order valence-corrected chi connectivity index (χ1v) is 6.35. The summed E-state index contributed by atoms with van der Waals surface area (Å²) in [6, 6.07) is 5.84. The largest absolute Gasteiger partial charge is 0.508 e. The summed E-state index contributed by atoms with van der Waals surface area (Å²) in [5.74, 6) is 2.65. The van der Waals surface area contributed by atoms with E-state index in [0.717, 1.165) is 37.3 Å². The van der Waals surface area contributed by atoms with Gasteiger partial charge >= 0.3 is 0 Å². The van der Waals surface area contributed by atoms with E-state index in [1.54, 1.807) is 12.1 Å². The third-order valence-electron chi connectivity index (χ3n) is 4.21. The van der Waals surface area contributed by atoms with Crippen LogP contribution in [0.2, 0.25) is 0 Å². The van der Waals surface area contributed by atoms with E-state index in [-0.39, 0.29) is 5.75 Å². The van der Waals surface area contributed by atoms with Gasteiger partial charge in [0, 0.05) is 24.7 Å². The molecule has 1 fully saturated rings. The molecule has 1 N–H and O–H groups in total. The molecule has 0 aliphatic carbocycles. The van der Waals surface area contributed by atoms with Gasteiger partial charge in [0.2, 0.25) is 0 Å². The van der Waals surface area contributed by atoms with Crippen molar-refractivity contribution < 1.29 is 9.84 Å². The van der Waals surface area contributed by atoms with Crippen molar-refractivity contribution in [2.24, 2.45) is 11.8 Å². The number of likely N-dealkylation sites (tertiary alicyclic amines) is 1. The summed E-state index contributed by atoms with van der Waals surface area (Å²) in [5.41, 5.74) is 1.23. The summed E-state index contributed by atoms with van der Waals surface area (Å²) >= 11 is 0. The number of phenols is 1. The van der Waals surface area contributed by atoms with Gasteiger partial charge in [-0.15, -0.1) is 0 Å². The maximum atomic E-state index is 9.44. The van der Waals surface area contributed by atoms with Crippen LogP contribution in [0.4, 0.5) is 0 Å². The van der Waals surface area contributed by atoms with Crippen LogP contribution in [-0.2, 0) is 0 Å². The molecule has 3 atom stereocenters. The smallest absolute Gasteiger partial charge is 0.127 e. The van der Waals surface area contributed by atoms with E-state index in [4.69, 9.17) is 4.74 Å². The van der Waals surface area contributed by atoms with Crippen LogP contribution in [0.25, 0.3) is 0 Å². The molecule has 3 rings (SSSR count). The average Bonchev–Trinajstić information content (AvgIpc) is 2.83. The molecular weight excluding hydrogens is 214 g/mol. The molecule has 0 radical (unpaired) electrons. The number of hydrogen-bond donors (Lipinski definition) is 1. The average molecular weight is 233 g/mol. The van der Waals surface area contributed by atoms with Gasteiger partial charge in [-0.25, -0.2) is 0 Å². The second-order valence-corrected chi connectivity index (χ2v) is 5.46. The molecule has 3 nitrogen and oxygen atoms in total. The van der Waals surface area contributed by atoms with Gasteiger partial charge in [0.25, 0.3) is 0 Å². The molecule has 0 aromatic heterocycles. The Hall–Kier alpha value is -1.22. The number of phenolic OH excluding ortho intramolecular Hbond substituents is 1. The number of nitrogens with zero attached hydrogens (tertiary/aromatic N) is 1. The van der Waals surface area contributed by atoms with Crippen molar-refractivity contribution in [3.05, 3.63) is 23.8 Å². The molecule has 0 saturated carbocycles. The monoisotopic (exact) mass is 233 g/mol. The first kappa shape index (κ1) is 10.9. The minimum Gasteiger partial charge on any atom is -0.508 e. The lowest BCUT2D eigenvalue weighted by atomic mass is 10.0. The van der Waals surface area contributed by atoms with Crippen molar-refractivity contribution in [3.63, 3.8) is 0 Å². The summed E-state index contributed by atoms with van der Waals surface area (Å²) in [4.78, 5) is 2.51. The van der Waals surface area contributed by atoms with Crippen molar-refractivity contribution in [3.8, 4) is 11.5 Å². The fourth-order valence-corrected chi connectivity index (χ4v) is 2.91. The highest BCUT2D eigenvalue weighted by Crippen LogP contribution is 2.40. The van der Waals surface area contributed by atoms with Gasteiger partial charge < -0.3 is 9.84 Å². The molecule has 17 heavy (non-hydrogen) atoms. The summed E-state index contributed by atoms with van der Waals surface area (Å²) in [6.45, 7) is 7.65. The summed E-state index contributed by atoms with van der Waals surface area (Å²) in [7, 11) is 0. The van der Waals surface area contributed by atoms with Crippen molar-refractivity contribution in [1.82, 2.24) is 4.90 Å². The highest BCUT2D eigenvalue weighted by atomic mass is 16.5. The number of benzene rings is 1. The number of rotatable bonds is 1. The fourth-order valence-electron chi connectivity index (χ4n) is 2.91. The van der Waals surface area contributed by atoms with Crippen molar-refractivity contribution >= 4 is 0 Å². The van der Waals surface area contributed by atoms with Crippen LogP contribution in [0.3, 0.4) is 0 Å². The summed E-state index contributed by atoms with van der Waals surface area (Å²) in [5, 5.41) is 9.44. The van der Waals surface area contributed by atoms with E-state index in [1.165, 1.54) is 5.56 Å². The number of fused-ring (bicyclic) bond motifs is 1. The van der Waals surface area contributed by atoms with E-state index < -0.39 is 0 Å². The third kappa shape index (κ3) is 1.78. The molecule has 2 aliphatic rings. The Morgan fingerprint density at radius 1 is 1.24 bits per heavy atom. The van der Waals surface area contributed by atoms with E-state index in [2.05, 4.69) is 18.7 Å². The Bertz CT molecular complexity index is 422. The van der Waals surface area contributed by atoms with Crippen LogP contribution in [-0.4, -0.2) is 29.7 Å². The van der Waals surface area contributed by atoms with E-state index >= 15 is 0 Å². The molecule has 3 unspecified atom stereocenters. The lowest BCUT2D eigenvalue weighted by molar-refractivity contribution is 0.188. The minimum absolute atomic E-state index is 0.285. The Labute approximate surface area is 102 Å². The molecule has 0 amide bonds. The predicted molar refractivity (Wildman–Crippen MR) is 66.2 cm³/mol. The zero-order valence-corrected chi connectivity index (χ0v) is 10.4. The molecular formula is C14H19NO2. The molecule has 0 spiro atoms. The fraction of sp³-hybridized carbons (Fsp3) is 0.571. The molecule has 0 bridgehead atoms. The lowest BCUT2D eigenvalue weighted by Crippen LogP contribution is -2.27. The normalized spacial score (nSPS) is 32.5. The van der Waals surface area contributed by atoms with Crippen molar-refractivity contribution in [2.75, 3.05) is 19.7 Å². The van der Waals surface area contributed by atoms with Gasteiger partial charge in [0.1, 0.15) is 18.1 Å². The van der Waals surface area contributed by atoms with Crippen LogP contribution in [0.15, 0.2) is 18.2 Å². The van der Waals surface area contributed by atoms with Crippen molar-refractivity contribution in [2.45, 2.75) is 19.9 Å². The number of aromatic hydroxyl groups is 1. The van der Waals surface area contributed by atoms with Crippen LogP contribution in [0.1, 0.15) is 25.5 Å². The first-order valence-electron chi connectivity index (χ1n) is 6.35. The van der Waals surface area contributed by atoms with E-state index in [9.17, 15) is 5.11 Å².